The number of carbonyl (C=O) groups excluding carboxylic acids is 1. The number of rotatable bonds is 1. The summed E-state index contributed by atoms with van der Waals surface area (Å²) in [5.41, 5.74) is 5.97. The second-order valence-electron chi connectivity index (χ2n) is 6.70. The topological polar surface area (TPSA) is 46.3 Å². The Morgan fingerprint density at radius 2 is 1.78 bits per heavy atom. The van der Waals surface area contributed by atoms with E-state index < -0.39 is 0 Å². The minimum Gasteiger partial charge on any atom is -0.341 e. The molecular formula is C14H23ClN2O. The molecule has 1 amide bonds. The molecule has 1 saturated heterocycles. The molecule has 1 aliphatic heterocycles. The second kappa shape index (κ2) is 4.38. The summed E-state index contributed by atoms with van der Waals surface area (Å²) in [6.45, 7) is 1.77. The number of nitrogens with two attached hydrogens (primary N) is 1. The van der Waals surface area contributed by atoms with Crippen molar-refractivity contribution in [3.05, 3.63) is 0 Å². The van der Waals surface area contributed by atoms with Crippen molar-refractivity contribution in [2.75, 3.05) is 13.1 Å². The lowest BCUT2D eigenvalue weighted by molar-refractivity contribution is -0.134. The molecule has 2 bridgehead atoms. The number of fused-ring (bicyclic) bond motifs is 5. The molecule has 1 heterocycles. The van der Waals surface area contributed by atoms with E-state index >= 15 is 0 Å². The third kappa shape index (κ3) is 1.70. The Bertz CT molecular complexity index is 346. The first-order valence-electron chi connectivity index (χ1n) is 7.30. The number of nitrogens with zero attached hydrogens (tertiary/aromatic N) is 1. The first-order valence-corrected chi connectivity index (χ1v) is 7.30. The van der Waals surface area contributed by atoms with Crippen LogP contribution in [0.15, 0.2) is 0 Å². The maximum Gasteiger partial charge on any atom is 0.226 e. The fourth-order valence-electron chi connectivity index (χ4n) is 5.08. The summed E-state index contributed by atoms with van der Waals surface area (Å²) < 4.78 is 0. The monoisotopic (exact) mass is 270 g/mol. The molecule has 102 valence electrons. The van der Waals surface area contributed by atoms with E-state index in [2.05, 4.69) is 4.90 Å². The summed E-state index contributed by atoms with van der Waals surface area (Å²) in [4.78, 5) is 14.6. The minimum atomic E-state index is 0. The highest BCUT2D eigenvalue weighted by molar-refractivity contribution is 5.85. The average Bonchev–Trinajstić information content (AvgIpc) is 2.76. The molecular weight excluding hydrogens is 248 g/mol. The van der Waals surface area contributed by atoms with Gasteiger partial charge in [-0.25, -0.2) is 0 Å². The largest absolute Gasteiger partial charge is 0.341 e. The lowest BCUT2D eigenvalue weighted by Gasteiger charge is -2.31. The van der Waals surface area contributed by atoms with Gasteiger partial charge in [0.2, 0.25) is 5.91 Å². The molecule has 4 heteroatoms. The van der Waals surface area contributed by atoms with Crippen molar-refractivity contribution in [2.45, 2.75) is 38.1 Å². The summed E-state index contributed by atoms with van der Waals surface area (Å²) in [6, 6.07) is 0.225. The number of halogens is 1. The Labute approximate surface area is 115 Å². The normalized spacial score (nSPS) is 48.6. The van der Waals surface area contributed by atoms with Crippen molar-refractivity contribution < 1.29 is 4.79 Å². The van der Waals surface area contributed by atoms with Crippen LogP contribution in [0.25, 0.3) is 0 Å². The zero-order valence-electron chi connectivity index (χ0n) is 10.8. The Morgan fingerprint density at radius 3 is 2.39 bits per heavy atom. The van der Waals surface area contributed by atoms with Gasteiger partial charge in [0.05, 0.1) is 0 Å². The maximum atomic E-state index is 12.5. The van der Waals surface area contributed by atoms with E-state index in [0.717, 1.165) is 49.6 Å². The first kappa shape index (κ1) is 12.7. The molecule has 5 atom stereocenters. The van der Waals surface area contributed by atoms with Gasteiger partial charge in [0.1, 0.15) is 0 Å². The Kier molecular flexibility index (Phi) is 3.10. The van der Waals surface area contributed by atoms with E-state index in [-0.39, 0.29) is 18.4 Å². The third-order valence-electron chi connectivity index (χ3n) is 5.79. The summed E-state index contributed by atoms with van der Waals surface area (Å²) in [7, 11) is 0. The number of hydrogen-bond donors (Lipinski definition) is 1. The average molecular weight is 271 g/mol. The maximum absolute atomic E-state index is 12.5. The van der Waals surface area contributed by atoms with E-state index in [4.69, 9.17) is 5.73 Å². The van der Waals surface area contributed by atoms with Gasteiger partial charge >= 0.3 is 0 Å². The standard InChI is InChI=1S/C14H22N2O.ClH/c15-10-2-1-5-16(7-10)14(17)13-11-8-3-4-9(6-8)12(11)13;/h8-13H,1-7,15H2;1H. The van der Waals surface area contributed by atoms with Gasteiger partial charge < -0.3 is 10.6 Å². The van der Waals surface area contributed by atoms with Crippen LogP contribution in [0.5, 0.6) is 0 Å². The van der Waals surface area contributed by atoms with E-state index in [1.807, 2.05) is 0 Å². The van der Waals surface area contributed by atoms with Gasteiger partial charge in [0.15, 0.2) is 0 Å². The fourth-order valence-corrected chi connectivity index (χ4v) is 5.08. The van der Waals surface area contributed by atoms with E-state index in [1.54, 1.807) is 0 Å². The molecule has 0 aromatic carbocycles. The first-order chi connectivity index (χ1) is 8.25. The molecule has 0 radical (unpaired) electrons. The van der Waals surface area contributed by atoms with Crippen LogP contribution >= 0.6 is 12.4 Å². The molecule has 0 spiro atoms. The number of hydrogen-bond acceptors (Lipinski definition) is 2. The molecule has 5 unspecified atom stereocenters. The molecule has 18 heavy (non-hydrogen) atoms. The van der Waals surface area contributed by atoms with Crippen LogP contribution in [0, 0.1) is 29.6 Å². The smallest absolute Gasteiger partial charge is 0.226 e. The Morgan fingerprint density at radius 1 is 1.11 bits per heavy atom. The van der Waals surface area contributed by atoms with Crippen molar-refractivity contribution in [2.24, 2.45) is 35.3 Å². The number of likely N-dealkylation sites (tertiary alicyclic amines) is 1. The van der Waals surface area contributed by atoms with Crippen LogP contribution in [0.4, 0.5) is 0 Å². The molecule has 0 aromatic rings. The molecule has 4 aliphatic rings. The highest BCUT2D eigenvalue weighted by atomic mass is 35.5. The second-order valence-corrected chi connectivity index (χ2v) is 6.70. The predicted octanol–water partition coefficient (Wildman–Crippen LogP) is 1.65. The van der Waals surface area contributed by atoms with Crippen LogP contribution in [0.2, 0.25) is 0 Å². The van der Waals surface area contributed by atoms with E-state index in [9.17, 15) is 4.79 Å². The van der Waals surface area contributed by atoms with Gasteiger partial charge in [-0.2, -0.15) is 0 Å². The Hall–Kier alpha value is -0.280. The van der Waals surface area contributed by atoms with Crippen molar-refractivity contribution >= 4 is 18.3 Å². The van der Waals surface area contributed by atoms with Crippen LogP contribution in [0.3, 0.4) is 0 Å². The zero-order valence-corrected chi connectivity index (χ0v) is 11.6. The van der Waals surface area contributed by atoms with E-state index in [1.165, 1.54) is 19.3 Å². The van der Waals surface area contributed by atoms with Crippen molar-refractivity contribution in [3.8, 4) is 0 Å². The van der Waals surface area contributed by atoms with Gasteiger partial charge in [-0.1, -0.05) is 0 Å². The highest BCUT2D eigenvalue weighted by Gasteiger charge is 2.67. The number of piperidine rings is 1. The zero-order chi connectivity index (χ0) is 11.6. The van der Waals surface area contributed by atoms with Gasteiger partial charge in [-0.05, 0) is 55.8 Å². The summed E-state index contributed by atoms with van der Waals surface area (Å²) in [5, 5.41) is 0. The molecule has 3 nitrogen and oxygen atoms in total. The summed E-state index contributed by atoms with van der Waals surface area (Å²) in [6.07, 6.45) is 6.41. The molecule has 3 aliphatic carbocycles. The lowest BCUT2D eigenvalue weighted by atomic mass is 10.00. The predicted molar refractivity (Wildman–Crippen MR) is 72.3 cm³/mol. The van der Waals surface area contributed by atoms with Crippen LogP contribution in [0.1, 0.15) is 32.1 Å². The van der Waals surface area contributed by atoms with Crippen LogP contribution in [-0.2, 0) is 4.79 Å². The summed E-state index contributed by atoms with van der Waals surface area (Å²) in [5.74, 6) is 4.21. The Balaban J connectivity index is 0.000001000. The van der Waals surface area contributed by atoms with Crippen molar-refractivity contribution in [1.82, 2.24) is 4.90 Å². The lowest BCUT2D eigenvalue weighted by Crippen LogP contribution is -2.46. The third-order valence-corrected chi connectivity index (χ3v) is 5.79. The highest BCUT2D eigenvalue weighted by Crippen LogP contribution is 2.69. The summed E-state index contributed by atoms with van der Waals surface area (Å²) >= 11 is 0. The van der Waals surface area contributed by atoms with Crippen LogP contribution < -0.4 is 5.73 Å². The van der Waals surface area contributed by atoms with E-state index in [0.29, 0.717) is 11.8 Å². The molecule has 2 N–H and O–H groups in total. The minimum absolute atomic E-state index is 0. The van der Waals surface area contributed by atoms with Crippen molar-refractivity contribution in [3.63, 3.8) is 0 Å². The van der Waals surface area contributed by atoms with Gasteiger partial charge in [-0.3, -0.25) is 4.79 Å². The van der Waals surface area contributed by atoms with Gasteiger partial charge in [0.25, 0.3) is 0 Å². The van der Waals surface area contributed by atoms with Crippen molar-refractivity contribution in [1.29, 1.82) is 0 Å². The number of amides is 1. The molecule has 4 fully saturated rings. The van der Waals surface area contributed by atoms with Gasteiger partial charge in [-0.15, -0.1) is 12.4 Å². The number of carbonyl (C=O) groups is 1. The quantitative estimate of drug-likeness (QED) is 0.788. The molecule has 0 aromatic heterocycles. The fraction of sp³-hybridized carbons (Fsp3) is 0.929. The van der Waals surface area contributed by atoms with Gasteiger partial charge in [0, 0.05) is 25.0 Å². The van der Waals surface area contributed by atoms with Crippen LogP contribution in [-0.4, -0.2) is 29.9 Å². The molecule has 3 saturated carbocycles. The SMILES string of the molecule is Cl.NC1CCCN(C(=O)C2C3C4CCC(C4)C23)C1. The molecule has 4 rings (SSSR count).